The fourth-order valence-corrected chi connectivity index (χ4v) is 1.23. The van der Waals surface area contributed by atoms with E-state index < -0.39 is 30.3 Å². The van der Waals surface area contributed by atoms with E-state index in [0.29, 0.717) is 0 Å². The molecule has 17 heavy (non-hydrogen) atoms. The van der Waals surface area contributed by atoms with Crippen molar-refractivity contribution < 1.29 is 22.0 Å². The van der Waals surface area contributed by atoms with Gasteiger partial charge < -0.3 is 5.73 Å². The van der Waals surface area contributed by atoms with Crippen LogP contribution in [0.4, 0.5) is 22.0 Å². The van der Waals surface area contributed by atoms with Crippen molar-refractivity contribution in [2.24, 2.45) is 5.73 Å². The summed E-state index contributed by atoms with van der Waals surface area (Å²) in [6, 6.07) is 1.89. The van der Waals surface area contributed by atoms with Gasteiger partial charge in [0.15, 0.2) is 11.6 Å². The predicted octanol–water partition coefficient (Wildman–Crippen LogP) is 3.73. The minimum absolute atomic E-state index is 0. The van der Waals surface area contributed by atoms with E-state index in [0.717, 1.165) is 12.1 Å². The first-order valence-corrected chi connectivity index (χ1v) is 4.57. The first-order chi connectivity index (χ1) is 7.29. The zero-order valence-corrected chi connectivity index (χ0v) is 9.42. The number of hydrogen-bond donors (Lipinski definition) is 1. The highest BCUT2D eigenvalue weighted by molar-refractivity contribution is 5.85. The van der Waals surface area contributed by atoms with Gasteiger partial charge in [0, 0.05) is 12.5 Å². The van der Waals surface area contributed by atoms with Crippen LogP contribution < -0.4 is 5.73 Å². The second-order valence-corrected chi connectivity index (χ2v) is 3.43. The fraction of sp³-hybridized carbons (Fsp3) is 0.400. The van der Waals surface area contributed by atoms with Crippen molar-refractivity contribution in [1.29, 1.82) is 0 Å². The number of alkyl halides is 3. The maximum absolute atomic E-state index is 12.8. The average molecular weight is 276 g/mol. The molecule has 0 aliphatic carbocycles. The molecule has 1 aromatic rings. The molecule has 0 aliphatic rings. The average Bonchev–Trinajstić information content (AvgIpc) is 2.17. The molecule has 2 N–H and O–H groups in total. The Bertz CT molecular complexity index is 366. The molecule has 0 aromatic heterocycles. The third kappa shape index (κ3) is 5.32. The van der Waals surface area contributed by atoms with Gasteiger partial charge in [-0.15, -0.1) is 12.4 Å². The van der Waals surface area contributed by atoms with Crippen LogP contribution in [0.2, 0.25) is 0 Å². The Morgan fingerprint density at radius 2 is 1.71 bits per heavy atom. The lowest BCUT2D eigenvalue weighted by Gasteiger charge is -2.13. The highest BCUT2D eigenvalue weighted by Crippen LogP contribution is 2.26. The van der Waals surface area contributed by atoms with Crippen molar-refractivity contribution in [1.82, 2.24) is 0 Å². The lowest BCUT2D eigenvalue weighted by atomic mass is 10.0. The molecular formula is C10H11ClF5N. The SMILES string of the molecule is Cl.N[C@H](CCC(F)(F)F)c1ccc(F)c(F)c1. The molecular weight excluding hydrogens is 265 g/mol. The van der Waals surface area contributed by atoms with Gasteiger partial charge in [-0.05, 0) is 24.1 Å². The molecule has 0 saturated heterocycles. The fourth-order valence-electron chi connectivity index (χ4n) is 1.23. The van der Waals surface area contributed by atoms with E-state index in [1.807, 2.05) is 0 Å². The second-order valence-electron chi connectivity index (χ2n) is 3.43. The summed E-state index contributed by atoms with van der Waals surface area (Å²) in [5, 5.41) is 0. The molecule has 0 fully saturated rings. The number of nitrogens with two attached hydrogens (primary N) is 1. The number of hydrogen-bond acceptors (Lipinski definition) is 1. The predicted molar refractivity (Wildman–Crippen MR) is 55.8 cm³/mol. The summed E-state index contributed by atoms with van der Waals surface area (Å²) >= 11 is 0. The van der Waals surface area contributed by atoms with E-state index in [1.165, 1.54) is 6.07 Å². The van der Waals surface area contributed by atoms with Crippen LogP contribution in [0.1, 0.15) is 24.4 Å². The largest absolute Gasteiger partial charge is 0.389 e. The molecule has 0 saturated carbocycles. The Balaban J connectivity index is 0.00000256. The number of benzene rings is 1. The zero-order chi connectivity index (χ0) is 12.3. The van der Waals surface area contributed by atoms with E-state index in [1.54, 1.807) is 0 Å². The van der Waals surface area contributed by atoms with Gasteiger partial charge in [0.1, 0.15) is 0 Å². The van der Waals surface area contributed by atoms with Crippen LogP contribution in [-0.2, 0) is 0 Å². The summed E-state index contributed by atoms with van der Waals surface area (Å²) in [4.78, 5) is 0. The molecule has 0 radical (unpaired) electrons. The molecule has 0 aliphatic heterocycles. The van der Waals surface area contributed by atoms with E-state index >= 15 is 0 Å². The Morgan fingerprint density at radius 3 is 2.18 bits per heavy atom. The van der Waals surface area contributed by atoms with Crippen molar-refractivity contribution in [2.75, 3.05) is 0 Å². The highest BCUT2D eigenvalue weighted by atomic mass is 35.5. The number of rotatable bonds is 3. The lowest BCUT2D eigenvalue weighted by Crippen LogP contribution is -2.16. The molecule has 0 unspecified atom stereocenters. The third-order valence-electron chi connectivity index (χ3n) is 2.11. The lowest BCUT2D eigenvalue weighted by molar-refractivity contribution is -0.136. The molecule has 1 nitrogen and oxygen atoms in total. The monoisotopic (exact) mass is 275 g/mol. The molecule has 1 rings (SSSR count). The summed E-state index contributed by atoms with van der Waals surface area (Å²) in [6.45, 7) is 0. The van der Waals surface area contributed by atoms with Crippen molar-refractivity contribution in [3.63, 3.8) is 0 Å². The summed E-state index contributed by atoms with van der Waals surface area (Å²) in [6.07, 6.45) is -5.70. The first-order valence-electron chi connectivity index (χ1n) is 4.57. The molecule has 98 valence electrons. The van der Waals surface area contributed by atoms with Gasteiger partial charge in [0.25, 0.3) is 0 Å². The van der Waals surface area contributed by atoms with E-state index in [9.17, 15) is 22.0 Å². The quantitative estimate of drug-likeness (QED) is 0.836. The van der Waals surface area contributed by atoms with Crippen molar-refractivity contribution in [2.45, 2.75) is 25.1 Å². The topological polar surface area (TPSA) is 26.0 Å². The zero-order valence-electron chi connectivity index (χ0n) is 8.60. The standard InChI is InChI=1S/C10H10F5N.ClH/c11-7-2-1-6(5-8(7)12)9(16)3-4-10(13,14)15;/h1-2,5,9H,3-4,16H2;1H/t9-;/m1./s1. The van der Waals surface area contributed by atoms with Gasteiger partial charge >= 0.3 is 6.18 Å². The summed E-state index contributed by atoms with van der Waals surface area (Å²) in [5.74, 6) is -2.16. The normalized spacial score (nSPS) is 13.1. The van der Waals surface area contributed by atoms with Gasteiger partial charge in [0.05, 0.1) is 0 Å². The molecule has 0 heterocycles. The van der Waals surface area contributed by atoms with Crippen LogP contribution in [0, 0.1) is 11.6 Å². The minimum Gasteiger partial charge on any atom is -0.324 e. The second kappa shape index (κ2) is 6.16. The van der Waals surface area contributed by atoms with E-state index in [2.05, 4.69) is 0 Å². The summed E-state index contributed by atoms with van der Waals surface area (Å²) in [5.41, 5.74) is 5.59. The van der Waals surface area contributed by atoms with E-state index in [-0.39, 0.29) is 24.4 Å². The van der Waals surface area contributed by atoms with Crippen LogP contribution in [0.5, 0.6) is 0 Å². The molecule has 1 aromatic carbocycles. The summed E-state index contributed by atoms with van der Waals surface area (Å²) < 4.78 is 61.0. The first kappa shape index (κ1) is 16.1. The van der Waals surface area contributed by atoms with Crippen molar-refractivity contribution >= 4 is 12.4 Å². The Hall–Kier alpha value is -0.880. The Labute approximate surface area is 101 Å². The van der Waals surface area contributed by atoms with Crippen LogP contribution in [0.15, 0.2) is 18.2 Å². The van der Waals surface area contributed by atoms with Gasteiger partial charge in [0.2, 0.25) is 0 Å². The van der Waals surface area contributed by atoms with E-state index in [4.69, 9.17) is 5.73 Å². The molecule has 0 bridgehead atoms. The van der Waals surface area contributed by atoms with Crippen LogP contribution in [0.25, 0.3) is 0 Å². The van der Waals surface area contributed by atoms with Crippen molar-refractivity contribution in [3.05, 3.63) is 35.4 Å². The van der Waals surface area contributed by atoms with Gasteiger partial charge in [-0.25, -0.2) is 8.78 Å². The number of halogens is 6. The molecule has 1 atom stereocenters. The minimum atomic E-state index is -4.30. The van der Waals surface area contributed by atoms with Gasteiger partial charge in [-0.1, -0.05) is 6.07 Å². The maximum Gasteiger partial charge on any atom is 0.389 e. The molecule has 0 amide bonds. The Morgan fingerprint density at radius 1 is 1.12 bits per heavy atom. The highest BCUT2D eigenvalue weighted by Gasteiger charge is 2.27. The van der Waals surface area contributed by atoms with Crippen LogP contribution in [0.3, 0.4) is 0 Å². The van der Waals surface area contributed by atoms with Crippen LogP contribution >= 0.6 is 12.4 Å². The molecule has 7 heteroatoms. The van der Waals surface area contributed by atoms with Gasteiger partial charge in [-0.3, -0.25) is 0 Å². The summed E-state index contributed by atoms with van der Waals surface area (Å²) in [7, 11) is 0. The van der Waals surface area contributed by atoms with Gasteiger partial charge in [-0.2, -0.15) is 13.2 Å². The third-order valence-corrected chi connectivity index (χ3v) is 2.11. The van der Waals surface area contributed by atoms with Crippen molar-refractivity contribution in [3.8, 4) is 0 Å². The smallest absolute Gasteiger partial charge is 0.324 e. The molecule has 0 spiro atoms. The van der Waals surface area contributed by atoms with Crippen LogP contribution in [-0.4, -0.2) is 6.18 Å². The Kier molecular flexibility index (Phi) is 5.84. The maximum atomic E-state index is 12.8.